The summed E-state index contributed by atoms with van der Waals surface area (Å²) in [6, 6.07) is 31.1. The summed E-state index contributed by atoms with van der Waals surface area (Å²) in [5, 5.41) is 3.60. The number of esters is 1. The van der Waals surface area contributed by atoms with Crippen LogP contribution in [0.3, 0.4) is 0 Å². The van der Waals surface area contributed by atoms with Gasteiger partial charge in [0.2, 0.25) is 0 Å². The maximum Gasteiger partial charge on any atom is 0.308 e. The molecule has 1 fully saturated rings. The van der Waals surface area contributed by atoms with E-state index >= 15 is 0 Å². The molecule has 1 aliphatic carbocycles. The van der Waals surface area contributed by atoms with E-state index < -0.39 is 0 Å². The van der Waals surface area contributed by atoms with Crippen LogP contribution in [0.5, 0.6) is 0 Å². The Morgan fingerprint density at radius 1 is 0.914 bits per heavy atom. The minimum absolute atomic E-state index is 0.0588. The third-order valence-electron chi connectivity index (χ3n) is 7.75. The predicted molar refractivity (Wildman–Crippen MR) is 143 cm³/mol. The zero-order valence-corrected chi connectivity index (χ0v) is 21.3. The molecule has 1 saturated carbocycles. The summed E-state index contributed by atoms with van der Waals surface area (Å²) in [5.41, 5.74) is 3.56. The van der Waals surface area contributed by atoms with Crippen LogP contribution in [0.25, 0.3) is 0 Å². The highest BCUT2D eigenvalue weighted by atomic mass is 16.5. The molecule has 4 rings (SSSR count). The number of carbonyl (C=O) groups is 1. The summed E-state index contributed by atoms with van der Waals surface area (Å²) < 4.78 is 6.31. The van der Waals surface area contributed by atoms with Crippen molar-refractivity contribution in [2.45, 2.75) is 70.6 Å². The minimum Gasteiger partial charge on any atom is -0.462 e. The molecule has 0 heterocycles. The average Bonchev–Trinajstić information content (AvgIpc) is 2.88. The molecule has 3 heteroatoms. The van der Waals surface area contributed by atoms with Crippen molar-refractivity contribution < 1.29 is 9.53 Å². The van der Waals surface area contributed by atoms with Crippen molar-refractivity contribution >= 4 is 5.97 Å². The fourth-order valence-electron chi connectivity index (χ4n) is 5.58. The summed E-state index contributed by atoms with van der Waals surface area (Å²) in [4.78, 5) is 13.4. The van der Waals surface area contributed by atoms with Gasteiger partial charge in [0, 0.05) is 18.5 Å². The SMILES string of the molecule is C[C@@H]1CC[C@@H](C(C)(C)c2ccccc2)[C@H](OC(=O)C[C@@H](NCc2ccccc2)c2ccccc2)C1. The topological polar surface area (TPSA) is 38.3 Å². The van der Waals surface area contributed by atoms with Gasteiger partial charge in [-0.1, -0.05) is 118 Å². The lowest BCUT2D eigenvalue weighted by Gasteiger charge is -2.44. The van der Waals surface area contributed by atoms with Crippen LogP contribution in [-0.2, 0) is 21.5 Å². The quantitative estimate of drug-likeness (QED) is 0.336. The van der Waals surface area contributed by atoms with Crippen LogP contribution < -0.4 is 5.32 Å². The highest BCUT2D eigenvalue weighted by Gasteiger charge is 2.42. The summed E-state index contributed by atoms with van der Waals surface area (Å²) >= 11 is 0. The largest absolute Gasteiger partial charge is 0.462 e. The molecule has 0 aliphatic heterocycles. The molecule has 0 aromatic heterocycles. The first-order valence-corrected chi connectivity index (χ1v) is 13.0. The first-order chi connectivity index (χ1) is 16.9. The van der Waals surface area contributed by atoms with Crippen molar-refractivity contribution in [2.24, 2.45) is 11.8 Å². The van der Waals surface area contributed by atoms with E-state index in [1.165, 1.54) is 17.5 Å². The highest BCUT2D eigenvalue weighted by Crippen LogP contribution is 2.43. The average molecular weight is 470 g/mol. The van der Waals surface area contributed by atoms with Gasteiger partial charge in [0.05, 0.1) is 6.42 Å². The van der Waals surface area contributed by atoms with Gasteiger partial charge in [-0.25, -0.2) is 0 Å². The smallest absolute Gasteiger partial charge is 0.308 e. The standard InChI is InChI=1S/C32H39NO2/c1-24-19-20-28(32(2,3)27-17-11-6-12-18-27)30(21-24)35-31(34)22-29(26-15-9-5-10-16-26)33-23-25-13-7-4-8-14-25/h4-18,24,28-30,33H,19-23H2,1-3H3/t24-,28-,29-,30-/m1/s1. The van der Waals surface area contributed by atoms with Crippen molar-refractivity contribution in [3.63, 3.8) is 0 Å². The maximum absolute atomic E-state index is 13.4. The van der Waals surface area contributed by atoms with Gasteiger partial charge in [-0.2, -0.15) is 0 Å². The lowest BCUT2D eigenvalue weighted by atomic mass is 9.64. The maximum atomic E-state index is 13.4. The summed E-state index contributed by atoms with van der Waals surface area (Å²) in [6.45, 7) is 7.59. The van der Waals surface area contributed by atoms with Crippen LogP contribution in [0.4, 0.5) is 0 Å². The fraction of sp³-hybridized carbons (Fsp3) is 0.406. The second kappa shape index (κ2) is 11.7. The molecule has 3 aromatic carbocycles. The van der Waals surface area contributed by atoms with Crippen molar-refractivity contribution in [3.8, 4) is 0 Å². The van der Waals surface area contributed by atoms with E-state index in [0.717, 1.165) is 18.4 Å². The van der Waals surface area contributed by atoms with Gasteiger partial charge in [0.1, 0.15) is 6.10 Å². The van der Waals surface area contributed by atoms with E-state index in [1.807, 2.05) is 36.4 Å². The van der Waals surface area contributed by atoms with E-state index in [9.17, 15) is 4.79 Å². The lowest BCUT2D eigenvalue weighted by Crippen LogP contribution is -2.43. The van der Waals surface area contributed by atoms with Crippen LogP contribution in [-0.4, -0.2) is 12.1 Å². The molecule has 35 heavy (non-hydrogen) atoms. The Kier molecular flexibility index (Phi) is 8.41. The zero-order valence-electron chi connectivity index (χ0n) is 21.3. The van der Waals surface area contributed by atoms with Crippen molar-refractivity contribution in [3.05, 3.63) is 108 Å². The summed E-state index contributed by atoms with van der Waals surface area (Å²) in [5.74, 6) is 0.752. The predicted octanol–water partition coefficient (Wildman–Crippen LogP) is 7.23. The van der Waals surface area contributed by atoms with E-state index in [-0.39, 0.29) is 23.5 Å². The zero-order chi connectivity index (χ0) is 24.7. The molecule has 184 valence electrons. The van der Waals surface area contributed by atoms with Crippen molar-refractivity contribution in [1.82, 2.24) is 5.32 Å². The minimum atomic E-state index is -0.118. The number of rotatable bonds is 9. The van der Waals surface area contributed by atoms with E-state index in [0.29, 0.717) is 24.8 Å². The van der Waals surface area contributed by atoms with Gasteiger partial charge in [-0.3, -0.25) is 4.79 Å². The Labute approximate surface area is 210 Å². The molecule has 0 spiro atoms. The van der Waals surface area contributed by atoms with Gasteiger partial charge >= 0.3 is 5.97 Å². The molecule has 0 saturated heterocycles. The van der Waals surface area contributed by atoms with Crippen molar-refractivity contribution in [1.29, 1.82) is 0 Å². The Balaban J connectivity index is 1.47. The fourth-order valence-corrected chi connectivity index (χ4v) is 5.58. The molecule has 3 aromatic rings. The van der Waals surface area contributed by atoms with Gasteiger partial charge < -0.3 is 10.1 Å². The Morgan fingerprint density at radius 3 is 2.17 bits per heavy atom. The first-order valence-electron chi connectivity index (χ1n) is 13.0. The van der Waals surface area contributed by atoms with Crippen LogP contribution >= 0.6 is 0 Å². The normalized spacial score (nSPS) is 21.3. The number of carbonyl (C=O) groups excluding carboxylic acids is 1. The van der Waals surface area contributed by atoms with Crippen molar-refractivity contribution in [2.75, 3.05) is 0 Å². The third kappa shape index (κ3) is 6.61. The van der Waals surface area contributed by atoms with Gasteiger partial charge in [0.15, 0.2) is 0 Å². The molecule has 1 aliphatic rings. The number of hydrogen-bond acceptors (Lipinski definition) is 3. The molecular weight excluding hydrogens is 430 g/mol. The van der Waals surface area contributed by atoms with E-state index in [4.69, 9.17) is 4.74 Å². The van der Waals surface area contributed by atoms with Gasteiger partial charge in [0.25, 0.3) is 0 Å². The number of hydrogen-bond donors (Lipinski definition) is 1. The Morgan fingerprint density at radius 2 is 1.51 bits per heavy atom. The second-order valence-corrected chi connectivity index (χ2v) is 10.7. The summed E-state index contributed by atoms with van der Waals surface area (Å²) in [7, 11) is 0. The number of benzene rings is 3. The van der Waals surface area contributed by atoms with Crippen LogP contribution in [0, 0.1) is 11.8 Å². The highest BCUT2D eigenvalue weighted by molar-refractivity contribution is 5.70. The van der Waals surface area contributed by atoms with E-state index in [1.54, 1.807) is 0 Å². The van der Waals surface area contributed by atoms with Crippen LogP contribution in [0.1, 0.15) is 69.2 Å². The number of nitrogens with one attached hydrogen (secondary N) is 1. The molecule has 1 N–H and O–H groups in total. The summed E-state index contributed by atoms with van der Waals surface area (Å²) in [6.07, 6.45) is 3.45. The number of ether oxygens (including phenoxy) is 1. The first kappa shape index (κ1) is 25.2. The Bertz CT molecular complexity index is 1050. The Hall–Kier alpha value is -2.91. The molecule has 0 amide bonds. The molecule has 3 nitrogen and oxygen atoms in total. The molecule has 4 atom stereocenters. The lowest BCUT2D eigenvalue weighted by molar-refractivity contribution is -0.157. The monoisotopic (exact) mass is 469 g/mol. The van der Waals surface area contributed by atoms with Gasteiger partial charge in [-0.15, -0.1) is 0 Å². The van der Waals surface area contributed by atoms with E-state index in [2.05, 4.69) is 80.7 Å². The van der Waals surface area contributed by atoms with Crippen LogP contribution in [0.15, 0.2) is 91.0 Å². The molecule has 0 unspecified atom stereocenters. The molecular formula is C32H39NO2. The van der Waals surface area contributed by atoms with Crippen LogP contribution in [0.2, 0.25) is 0 Å². The second-order valence-electron chi connectivity index (χ2n) is 10.7. The molecule has 0 radical (unpaired) electrons. The molecule has 0 bridgehead atoms. The third-order valence-corrected chi connectivity index (χ3v) is 7.75. The van der Waals surface area contributed by atoms with Gasteiger partial charge in [-0.05, 0) is 40.9 Å².